The van der Waals surface area contributed by atoms with Crippen LogP contribution in [0.5, 0.6) is 0 Å². The first-order valence-electron chi connectivity index (χ1n) is 12.4. The number of hydrogen-bond acceptors (Lipinski definition) is 8. The third kappa shape index (κ3) is 12.2. The Morgan fingerprint density at radius 3 is 1.08 bits per heavy atom. The Kier molecular flexibility index (Phi) is 14.7. The third-order valence-electron chi connectivity index (χ3n) is 5.17. The molecule has 0 aliphatic heterocycles. The van der Waals surface area contributed by atoms with Gasteiger partial charge in [0, 0.05) is 16.7 Å². The van der Waals surface area contributed by atoms with E-state index in [9.17, 15) is 19.2 Å². The first-order chi connectivity index (χ1) is 16.7. The van der Waals surface area contributed by atoms with Crippen molar-refractivity contribution in [2.24, 2.45) is 10.8 Å². The number of esters is 4. The maximum absolute atomic E-state index is 12.5. The van der Waals surface area contributed by atoms with Crippen LogP contribution in [0.25, 0.3) is 0 Å². The van der Waals surface area contributed by atoms with Gasteiger partial charge in [-0.3, -0.25) is 4.79 Å². The maximum Gasteiger partial charge on any atom is 0.333 e. The van der Waals surface area contributed by atoms with Crippen molar-refractivity contribution in [1.82, 2.24) is 0 Å². The van der Waals surface area contributed by atoms with E-state index in [2.05, 4.69) is 19.7 Å². The van der Waals surface area contributed by atoms with Crippen molar-refractivity contribution in [2.75, 3.05) is 26.4 Å². The quantitative estimate of drug-likeness (QED) is 0.149. The van der Waals surface area contributed by atoms with Crippen molar-refractivity contribution in [3.63, 3.8) is 0 Å². The molecule has 36 heavy (non-hydrogen) atoms. The summed E-state index contributed by atoms with van der Waals surface area (Å²) in [5, 5.41) is 0. The number of rotatable bonds is 17. The second kappa shape index (κ2) is 16.0. The van der Waals surface area contributed by atoms with Crippen LogP contribution in [0.15, 0.2) is 36.5 Å². The van der Waals surface area contributed by atoms with Crippen LogP contribution in [0.2, 0.25) is 0 Å². The van der Waals surface area contributed by atoms with Gasteiger partial charge in [-0.2, -0.15) is 0 Å². The van der Waals surface area contributed by atoms with Gasteiger partial charge in [0.05, 0.1) is 5.41 Å². The van der Waals surface area contributed by atoms with Gasteiger partial charge in [0.25, 0.3) is 0 Å². The van der Waals surface area contributed by atoms with Gasteiger partial charge < -0.3 is 18.9 Å². The summed E-state index contributed by atoms with van der Waals surface area (Å²) in [5.41, 5.74) is -1.33. The second-order valence-corrected chi connectivity index (χ2v) is 10.1. The molecule has 0 aliphatic rings. The number of hydrogen-bond donors (Lipinski definition) is 0. The van der Waals surface area contributed by atoms with Crippen molar-refractivity contribution < 1.29 is 38.1 Å². The minimum Gasteiger partial charge on any atom is -0.464 e. The van der Waals surface area contributed by atoms with Gasteiger partial charge in [-0.25, -0.2) is 14.4 Å². The van der Waals surface area contributed by atoms with E-state index in [-0.39, 0.29) is 43.1 Å². The van der Waals surface area contributed by atoms with Gasteiger partial charge in [0.15, 0.2) is 0 Å². The van der Waals surface area contributed by atoms with Crippen LogP contribution >= 0.6 is 0 Å². The summed E-state index contributed by atoms with van der Waals surface area (Å²) in [5.74, 6) is -2.41. The molecule has 0 saturated heterocycles. The molecular formula is C28H44O8. The van der Waals surface area contributed by atoms with Gasteiger partial charge in [-0.1, -0.05) is 59.8 Å². The molecule has 0 radical (unpaired) electrons. The maximum atomic E-state index is 12.5. The Morgan fingerprint density at radius 2 is 0.833 bits per heavy atom. The topological polar surface area (TPSA) is 105 Å². The van der Waals surface area contributed by atoms with E-state index < -0.39 is 34.7 Å². The second-order valence-electron chi connectivity index (χ2n) is 10.1. The fraction of sp³-hybridized carbons (Fsp3) is 0.643. The van der Waals surface area contributed by atoms with E-state index in [1.54, 1.807) is 20.8 Å². The molecule has 0 bridgehead atoms. The molecule has 0 spiro atoms. The zero-order chi connectivity index (χ0) is 27.9. The Morgan fingerprint density at radius 1 is 0.556 bits per heavy atom. The van der Waals surface area contributed by atoms with Gasteiger partial charge in [0.2, 0.25) is 0 Å². The van der Waals surface area contributed by atoms with Crippen LogP contribution in [0.3, 0.4) is 0 Å². The van der Waals surface area contributed by atoms with E-state index in [1.807, 2.05) is 20.8 Å². The van der Waals surface area contributed by atoms with Crippen LogP contribution in [0.1, 0.15) is 80.1 Å². The lowest BCUT2D eigenvalue weighted by molar-refractivity contribution is -0.171. The van der Waals surface area contributed by atoms with Gasteiger partial charge in [-0.15, -0.1) is 0 Å². The highest BCUT2D eigenvalue weighted by Gasteiger charge is 2.39. The monoisotopic (exact) mass is 508 g/mol. The molecule has 0 aromatic heterocycles. The van der Waals surface area contributed by atoms with Crippen LogP contribution in [0.4, 0.5) is 0 Å². The summed E-state index contributed by atoms with van der Waals surface area (Å²) < 4.78 is 21.9. The van der Waals surface area contributed by atoms with Crippen LogP contribution in [-0.4, -0.2) is 50.3 Å². The Labute approximate surface area is 216 Å². The van der Waals surface area contributed by atoms with E-state index in [0.717, 1.165) is 0 Å². The summed E-state index contributed by atoms with van der Waals surface area (Å²) in [7, 11) is 0. The van der Waals surface area contributed by atoms with Crippen LogP contribution in [0, 0.1) is 10.8 Å². The van der Waals surface area contributed by atoms with Crippen molar-refractivity contribution in [3.05, 3.63) is 36.5 Å². The summed E-state index contributed by atoms with van der Waals surface area (Å²) in [6.07, 6.45) is 3.46. The van der Waals surface area contributed by atoms with Crippen molar-refractivity contribution in [3.8, 4) is 0 Å². The average Bonchev–Trinajstić information content (AvgIpc) is 2.81. The Hall–Kier alpha value is -2.90. The Balaban J connectivity index is 5.97. The molecule has 0 aromatic rings. The molecule has 204 valence electrons. The van der Waals surface area contributed by atoms with E-state index >= 15 is 0 Å². The minimum atomic E-state index is -1.35. The molecule has 0 saturated carbocycles. The lowest BCUT2D eigenvalue weighted by Crippen LogP contribution is -2.45. The Bertz CT molecular complexity index is 732. The normalized spacial score (nSPS) is 11.3. The predicted molar refractivity (Wildman–Crippen MR) is 138 cm³/mol. The zero-order valence-electron chi connectivity index (χ0n) is 23.0. The SMILES string of the molecule is C=C(CCC)C(=O)OCC(COC(=O)C(=C)CCC)(COC(=O)C(=C)CCC)COC(=O)C(C)(C)C. The molecule has 8 nitrogen and oxygen atoms in total. The first kappa shape index (κ1) is 33.1. The molecule has 0 rings (SSSR count). The number of carbonyl (C=O) groups excluding carboxylic acids is 4. The highest BCUT2D eigenvalue weighted by atomic mass is 16.6. The molecule has 0 fully saturated rings. The summed E-state index contributed by atoms with van der Waals surface area (Å²) >= 11 is 0. The van der Waals surface area contributed by atoms with Crippen molar-refractivity contribution >= 4 is 23.9 Å². The lowest BCUT2D eigenvalue weighted by Gasteiger charge is -2.32. The number of ether oxygens (including phenoxy) is 4. The highest BCUT2D eigenvalue weighted by Crippen LogP contribution is 2.25. The largest absolute Gasteiger partial charge is 0.464 e. The molecular weight excluding hydrogens is 464 g/mol. The summed E-state index contributed by atoms with van der Waals surface area (Å²) in [6.45, 7) is 20.6. The van der Waals surface area contributed by atoms with E-state index in [4.69, 9.17) is 18.9 Å². The molecule has 0 N–H and O–H groups in total. The summed E-state index contributed by atoms with van der Waals surface area (Å²) in [4.78, 5) is 49.9. The highest BCUT2D eigenvalue weighted by molar-refractivity contribution is 5.88. The van der Waals surface area contributed by atoms with Gasteiger partial charge >= 0.3 is 23.9 Å². The van der Waals surface area contributed by atoms with E-state index in [1.165, 1.54) is 0 Å². The molecule has 0 atom stereocenters. The standard InChI is InChI=1S/C28H44O8/c1-10-13-20(4)23(29)33-16-28(19-36-26(32)27(7,8)9,17-34-24(30)21(5)14-11-2)18-35-25(31)22(6)15-12-3/h4-6,10-19H2,1-3,7-9H3. The molecule has 8 heteroatoms. The number of carbonyl (C=O) groups is 4. The predicted octanol–water partition coefficient (Wildman–Crippen LogP) is 5.26. The van der Waals surface area contributed by atoms with E-state index in [0.29, 0.717) is 38.5 Å². The molecule has 0 heterocycles. The lowest BCUT2D eigenvalue weighted by atomic mass is 9.91. The fourth-order valence-electron chi connectivity index (χ4n) is 2.86. The molecule has 0 aliphatic carbocycles. The first-order valence-corrected chi connectivity index (χ1v) is 12.4. The van der Waals surface area contributed by atoms with Crippen LogP contribution < -0.4 is 0 Å². The summed E-state index contributed by atoms with van der Waals surface area (Å²) in [6, 6.07) is 0. The zero-order valence-corrected chi connectivity index (χ0v) is 23.0. The minimum absolute atomic E-state index is 0.278. The fourth-order valence-corrected chi connectivity index (χ4v) is 2.86. The smallest absolute Gasteiger partial charge is 0.333 e. The molecule has 0 aromatic carbocycles. The molecule has 0 unspecified atom stereocenters. The average molecular weight is 509 g/mol. The third-order valence-corrected chi connectivity index (χ3v) is 5.17. The van der Waals surface area contributed by atoms with Gasteiger partial charge in [0.1, 0.15) is 31.8 Å². The van der Waals surface area contributed by atoms with Crippen molar-refractivity contribution in [2.45, 2.75) is 80.1 Å². The molecule has 0 amide bonds. The van der Waals surface area contributed by atoms with Crippen LogP contribution in [-0.2, 0) is 38.1 Å². The van der Waals surface area contributed by atoms with Gasteiger partial charge in [-0.05, 0) is 40.0 Å². The van der Waals surface area contributed by atoms with Crippen molar-refractivity contribution in [1.29, 1.82) is 0 Å².